The van der Waals surface area contributed by atoms with E-state index in [-0.39, 0.29) is 16.4 Å². The first kappa shape index (κ1) is 14.8. The number of nitrogens with one attached hydrogen (secondary N) is 1. The van der Waals surface area contributed by atoms with Crippen molar-refractivity contribution < 1.29 is 4.39 Å². The molecule has 0 bridgehead atoms. The summed E-state index contributed by atoms with van der Waals surface area (Å²) in [7, 11) is 0. The van der Waals surface area contributed by atoms with E-state index in [2.05, 4.69) is 26.1 Å². The maximum atomic E-state index is 13.1. The summed E-state index contributed by atoms with van der Waals surface area (Å²) in [6.07, 6.45) is 3.57. The van der Waals surface area contributed by atoms with Crippen molar-refractivity contribution in [2.75, 3.05) is 6.54 Å². The van der Waals surface area contributed by atoms with Gasteiger partial charge in [-0.3, -0.25) is 0 Å². The molecule has 2 rings (SSSR count). The molecule has 1 saturated carbocycles. The molecule has 0 amide bonds. The molecule has 0 aliphatic heterocycles. The number of hydrogen-bond acceptors (Lipinski definition) is 1. The average Bonchev–Trinajstić information content (AvgIpc) is 2.27. The molecule has 1 aliphatic carbocycles. The molecule has 106 valence electrons. The largest absolute Gasteiger partial charge is 0.312 e. The fourth-order valence-electron chi connectivity index (χ4n) is 2.58. The van der Waals surface area contributed by atoms with E-state index in [0.29, 0.717) is 5.92 Å². The zero-order valence-corrected chi connectivity index (χ0v) is 12.7. The quantitative estimate of drug-likeness (QED) is 0.862. The standard InChI is InChI=1S/C16H23ClFN/c1-16(2,3)19-10-13-6-5-12(13)8-11-4-7-15(18)14(17)9-11/h4,7,9,12-13,19H,5-6,8,10H2,1-3H3. The fraction of sp³-hybridized carbons (Fsp3) is 0.625. The molecule has 1 nitrogen and oxygen atoms in total. The van der Waals surface area contributed by atoms with Crippen molar-refractivity contribution in [1.29, 1.82) is 0 Å². The van der Waals surface area contributed by atoms with E-state index < -0.39 is 0 Å². The maximum absolute atomic E-state index is 13.1. The van der Waals surface area contributed by atoms with Crippen LogP contribution in [0.5, 0.6) is 0 Å². The Morgan fingerprint density at radius 2 is 1.95 bits per heavy atom. The molecule has 2 unspecified atom stereocenters. The predicted octanol–water partition coefficient (Wildman–Crippen LogP) is 4.44. The van der Waals surface area contributed by atoms with Gasteiger partial charge in [-0.15, -0.1) is 0 Å². The van der Waals surface area contributed by atoms with Crippen LogP contribution in [0.25, 0.3) is 0 Å². The number of rotatable bonds is 4. The highest BCUT2D eigenvalue weighted by Gasteiger charge is 2.31. The summed E-state index contributed by atoms with van der Waals surface area (Å²) in [5, 5.41) is 3.81. The molecule has 0 heterocycles. The smallest absolute Gasteiger partial charge is 0.141 e. The molecule has 0 saturated heterocycles. The van der Waals surface area contributed by atoms with Gasteiger partial charge in [0.25, 0.3) is 0 Å². The topological polar surface area (TPSA) is 12.0 Å². The Kier molecular flexibility index (Phi) is 4.52. The summed E-state index contributed by atoms with van der Waals surface area (Å²) in [4.78, 5) is 0. The van der Waals surface area contributed by atoms with Crippen LogP contribution in [0.3, 0.4) is 0 Å². The van der Waals surface area contributed by atoms with Gasteiger partial charge in [-0.05, 0) is 76.1 Å². The predicted molar refractivity (Wildman–Crippen MR) is 79.1 cm³/mol. The first-order chi connectivity index (χ1) is 8.85. The van der Waals surface area contributed by atoms with Crippen LogP contribution < -0.4 is 5.32 Å². The normalized spacial score (nSPS) is 23.2. The van der Waals surface area contributed by atoms with Crippen LogP contribution >= 0.6 is 11.6 Å². The van der Waals surface area contributed by atoms with Crippen LogP contribution in [0.4, 0.5) is 4.39 Å². The van der Waals surface area contributed by atoms with Crippen molar-refractivity contribution in [1.82, 2.24) is 5.32 Å². The van der Waals surface area contributed by atoms with Crippen molar-refractivity contribution in [2.45, 2.75) is 45.6 Å². The molecular formula is C16H23ClFN. The number of hydrogen-bond donors (Lipinski definition) is 1. The summed E-state index contributed by atoms with van der Waals surface area (Å²) >= 11 is 5.83. The van der Waals surface area contributed by atoms with E-state index in [0.717, 1.165) is 24.4 Å². The highest BCUT2D eigenvalue weighted by atomic mass is 35.5. The minimum Gasteiger partial charge on any atom is -0.312 e. The Morgan fingerprint density at radius 1 is 1.26 bits per heavy atom. The zero-order chi connectivity index (χ0) is 14.0. The Hall–Kier alpha value is -0.600. The van der Waals surface area contributed by atoms with E-state index in [1.165, 1.54) is 18.9 Å². The molecular weight excluding hydrogens is 261 g/mol. The highest BCUT2D eigenvalue weighted by molar-refractivity contribution is 6.30. The number of halogens is 2. The third-order valence-electron chi connectivity index (χ3n) is 3.95. The van der Waals surface area contributed by atoms with E-state index >= 15 is 0 Å². The van der Waals surface area contributed by atoms with Gasteiger partial charge in [0.2, 0.25) is 0 Å². The SMILES string of the molecule is CC(C)(C)NCC1CCC1Cc1ccc(F)c(Cl)c1. The van der Waals surface area contributed by atoms with Crippen LogP contribution in [0.2, 0.25) is 5.02 Å². The highest BCUT2D eigenvalue weighted by Crippen LogP contribution is 2.37. The molecule has 1 aromatic rings. The Morgan fingerprint density at radius 3 is 2.47 bits per heavy atom. The lowest BCUT2D eigenvalue weighted by molar-refractivity contribution is 0.159. The van der Waals surface area contributed by atoms with Crippen molar-refractivity contribution in [3.05, 3.63) is 34.6 Å². The van der Waals surface area contributed by atoms with Crippen LogP contribution in [0.1, 0.15) is 39.2 Å². The fourth-order valence-corrected chi connectivity index (χ4v) is 2.79. The Labute approximate surface area is 120 Å². The second-order valence-corrected chi connectivity index (χ2v) is 7.09. The van der Waals surface area contributed by atoms with Crippen molar-refractivity contribution in [3.63, 3.8) is 0 Å². The lowest BCUT2D eigenvalue weighted by atomic mass is 9.70. The molecule has 0 radical (unpaired) electrons. The van der Waals surface area contributed by atoms with Gasteiger partial charge in [0.15, 0.2) is 0 Å². The van der Waals surface area contributed by atoms with Crippen molar-refractivity contribution in [2.24, 2.45) is 11.8 Å². The summed E-state index contributed by atoms with van der Waals surface area (Å²) in [5.74, 6) is 1.12. The average molecular weight is 284 g/mol. The zero-order valence-electron chi connectivity index (χ0n) is 12.0. The monoisotopic (exact) mass is 283 g/mol. The minimum absolute atomic E-state index is 0.180. The molecule has 1 aromatic carbocycles. The third kappa shape index (κ3) is 4.19. The Balaban J connectivity index is 1.87. The van der Waals surface area contributed by atoms with E-state index in [9.17, 15) is 4.39 Å². The second kappa shape index (κ2) is 5.80. The van der Waals surface area contributed by atoms with E-state index in [4.69, 9.17) is 11.6 Å². The van der Waals surface area contributed by atoms with Gasteiger partial charge in [0, 0.05) is 5.54 Å². The Bertz CT molecular complexity index is 439. The van der Waals surface area contributed by atoms with Gasteiger partial charge in [0.05, 0.1) is 5.02 Å². The molecule has 0 spiro atoms. The summed E-state index contributed by atoms with van der Waals surface area (Å²) < 4.78 is 13.1. The van der Waals surface area contributed by atoms with Crippen LogP contribution in [-0.4, -0.2) is 12.1 Å². The van der Waals surface area contributed by atoms with Crippen LogP contribution in [-0.2, 0) is 6.42 Å². The lowest BCUT2D eigenvalue weighted by Gasteiger charge is -2.39. The van der Waals surface area contributed by atoms with E-state index in [1.807, 2.05) is 6.07 Å². The van der Waals surface area contributed by atoms with Crippen molar-refractivity contribution >= 4 is 11.6 Å². The minimum atomic E-state index is -0.329. The number of benzene rings is 1. The molecule has 1 aliphatic rings. The van der Waals surface area contributed by atoms with Gasteiger partial charge in [-0.1, -0.05) is 17.7 Å². The molecule has 1 N–H and O–H groups in total. The van der Waals surface area contributed by atoms with Gasteiger partial charge < -0.3 is 5.32 Å². The molecule has 1 fully saturated rings. The van der Waals surface area contributed by atoms with Gasteiger partial charge in [0.1, 0.15) is 5.82 Å². The van der Waals surface area contributed by atoms with Gasteiger partial charge in [-0.25, -0.2) is 4.39 Å². The molecule has 0 aromatic heterocycles. The summed E-state index contributed by atoms with van der Waals surface area (Å²) in [6, 6.07) is 5.09. The summed E-state index contributed by atoms with van der Waals surface area (Å²) in [5.41, 5.74) is 1.33. The lowest BCUT2D eigenvalue weighted by Crippen LogP contribution is -2.44. The third-order valence-corrected chi connectivity index (χ3v) is 4.24. The van der Waals surface area contributed by atoms with Crippen LogP contribution in [0.15, 0.2) is 18.2 Å². The van der Waals surface area contributed by atoms with Crippen molar-refractivity contribution in [3.8, 4) is 0 Å². The van der Waals surface area contributed by atoms with Crippen LogP contribution in [0, 0.1) is 17.7 Å². The summed E-state index contributed by atoms with van der Waals surface area (Å²) in [6.45, 7) is 7.66. The molecule has 2 atom stereocenters. The van der Waals surface area contributed by atoms with Gasteiger partial charge in [-0.2, -0.15) is 0 Å². The first-order valence-corrected chi connectivity index (χ1v) is 7.42. The maximum Gasteiger partial charge on any atom is 0.141 e. The first-order valence-electron chi connectivity index (χ1n) is 7.04. The molecule has 3 heteroatoms. The molecule has 19 heavy (non-hydrogen) atoms. The van der Waals surface area contributed by atoms with E-state index in [1.54, 1.807) is 6.07 Å². The van der Waals surface area contributed by atoms with Gasteiger partial charge >= 0.3 is 0 Å². The second-order valence-electron chi connectivity index (χ2n) is 6.68.